The molecule has 6 rings (SSSR count). The van der Waals surface area contributed by atoms with Gasteiger partial charge in [0, 0.05) is 34.8 Å². The van der Waals surface area contributed by atoms with Crippen LogP contribution in [0.5, 0.6) is 0 Å². The van der Waals surface area contributed by atoms with Crippen molar-refractivity contribution in [1.82, 2.24) is 18.8 Å². The number of hydrogen-bond acceptors (Lipinski definition) is 6. The average Bonchev–Trinajstić information content (AvgIpc) is 3.60. The number of hydrogen-bond donors (Lipinski definition) is 0. The zero-order valence-electron chi connectivity index (χ0n) is 21.3. The Balaban J connectivity index is 1.38. The van der Waals surface area contributed by atoms with Gasteiger partial charge >= 0.3 is 6.18 Å². The van der Waals surface area contributed by atoms with Gasteiger partial charge in [-0.3, -0.25) is 0 Å². The fourth-order valence-corrected chi connectivity index (χ4v) is 8.16. The molecule has 1 saturated heterocycles. The molecule has 6 nitrogen and oxygen atoms in total. The molecule has 2 fully saturated rings. The smallest absolute Gasteiger partial charge is 0.300 e. The zero-order chi connectivity index (χ0) is 27.2. The van der Waals surface area contributed by atoms with Gasteiger partial charge in [0.05, 0.1) is 4.90 Å². The molecule has 0 amide bonds. The van der Waals surface area contributed by atoms with Crippen molar-refractivity contribution in [3.63, 3.8) is 0 Å². The monoisotopic (exact) mass is 574 g/mol. The molecule has 0 unspecified atom stereocenters. The van der Waals surface area contributed by atoms with Crippen LogP contribution in [-0.2, 0) is 16.2 Å². The molecule has 1 saturated carbocycles. The highest BCUT2D eigenvalue weighted by molar-refractivity contribution is 7.90. The summed E-state index contributed by atoms with van der Waals surface area (Å²) in [5.41, 5.74) is 0.516. The number of rotatable bonds is 5. The van der Waals surface area contributed by atoms with E-state index in [1.807, 2.05) is 6.07 Å². The highest BCUT2D eigenvalue weighted by atomic mass is 32.2. The van der Waals surface area contributed by atoms with Gasteiger partial charge in [0.2, 0.25) is 0 Å². The van der Waals surface area contributed by atoms with E-state index >= 15 is 0 Å². The van der Waals surface area contributed by atoms with Crippen molar-refractivity contribution >= 4 is 32.4 Å². The molecule has 1 aliphatic heterocycles. The first kappa shape index (κ1) is 26.5. The van der Waals surface area contributed by atoms with Gasteiger partial charge in [0.25, 0.3) is 10.0 Å². The molecule has 0 bridgehead atoms. The van der Waals surface area contributed by atoms with Crippen molar-refractivity contribution in [2.45, 2.75) is 68.0 Å². The quantitative estimate of drug-likeness (QED) is 0.259. The van der Waals surface area contributed by atoms with Crippen molar-refractivity contribution in [1.29, 1.82) is 0 Å². The summed E-state index contributed by atoms with van der Waals surface area (Å²) in [6.07, 6.45) is 6.54. The van der Waals surface area contributed by atoms with Gasteiger partial charge in [0.15, 0.2) is 11.3 Å². The van der Waals surface area contributed by atoms with Crippen molar-refractivity contribution in [2.24, 2.45) is 0 Å². The number of benzene rings is 1. The van der Waals surface area contributed by atoms with Gasteiger partial charge < -0.3 is 4.90 Å². The summed E-state index contributed by atoms with van der Waals surface area (Å²) in [6.45, 7) is 2.34. The van der Waals surface area contributed by atoms with E-state index in [2.05, 4.69) is 14.9 Å². The Morgan fingerprint density at radius 3 is 2.36 bits per heavy atom. The van der Waals surface area contributed by atoms with Gasteiger partial charge in [-0.1, -0.05) is 24.6 Å². The lowest BCUT2D eigenvalue weighted by Crippen LogP contribution is -2.41. The first-order valence-corrected chi connectivity index (χ1v) is 15.6. The number of thiazole rings is 1. The maximum absolute atomic E-state index is 13.6. The molecule has 0 atom stereocenters. The number of halogens is 3. The number of piperidine rings is 1. The van der Waals surface area contributed by atoms with Gasteiger partial charge in [0.1, 0.15) is 5.01 Å². The minimum atomic E-state index is -4.58. The van der Waals surface area contributed by atoms with Crippen LogP contribution < -0.4 is 0 Å². The second-order valence-corrected chi connectivity index (χ2v) is 13.1. The molecule has 1 aliphatic carbocycles. The fourth-order valence-electron chi connectivity index (χ4n) is 5.96. The lowest BCUT2D eigenvalue weighted by atomic mass is 9.81. The average molecular weight is 575 g/mol. The highest BCUT2D eigenvalue weighted by Gasteiger charge is 2.35. The lowest BCUT2D eigenvalue weighted by Gasteiger charge is -2.39. The van der Waals surface area contributed by atoms with Crippen LogP contribution in [0.1, 0.15) is 62.1 Å². The highest BCUT2D eigenvalue weighted by Crippen LogP contribution is 2.41. The summed E-state index contributed by atoms with van der Waals surface area (Å²) >= 11 is 0.849. The van der Waals surface area contributed by atoms with Crippen molar-refractivity contribution < 1.29 is 21.6 Å². The van der Waals surface area contributed by atoms with E-state index < -0.39 is 21.9 Å². The number of nitrogens with zero attached hydrogens (tertiary/aromatic N) is 4. The third-order valence-electron chi connectivity index (χ3n) is 8.03. The van der Waals surface area contributed by atoms with E-state index in [4.69, 9.17) is 0 Å². The van der Waals surface area contributed by atoms with Gasteiger partial charge in [-0.15, -0.1) is 11.3 Å². The zero-order valence-corrected chi connectivity index (χ0v) is 22.9. The topological polar surface area (TPSA) is 68.1 Å². The molecule has 11 heteroatoms. The molecule has 206 valence electrons. The standard InChI is InChI=1S/C28H29F3N4O2S2/c29-28(30,31)25-18-38-27(33-25)24-17-35(39(36,37)22-7-3-1-4-8-22)26-23(24)15-20(16-32-26)19-9-11-21(12-10-19)34-13-5-2-6-14-34/h1,3-4,7-8,15-19,21H,2,5-6,9-14H2. The first-order valence-electron chi connectivity index (χ1n) is 13.3. The van der Waals surface area contributed by atoms with Crippen molar-refractivity contribution in [2.75, 3.05) is 13.1 Å². The van der Waals surface area contributed by atoms with E-state index in [1.54, 1.807) is 24.4 Å². The molecular weight excluding hydrogens is 545 g/mol. The molecule has 0 N–H and O–H groups in total. The maximum Gasteiger partial charge on any atom is 0.434 e. The van der Waals surface area contributed by atoms with Crippen LogP contribution in [0.2, 0.25) is 0 Å². The summed E-state index contributed by atoms with van der Waals surface area (Å²) in [5, 5.41) is 1.57. The molecule has 2 aliphatic rings. The lowest BCUT2D eigenvalue weighted by molar-refractivity contribution is -0.140. The number of fused-ring (bicyclic) bond motifs is 1. The van der Waals surface area contributed by atoms with Crippen LogP contribution in [0.25, 0.3) is 21.6 Å². The maximum atomic E-state index is 13.6. The number of alkyl halides is 3. The Morgan fingerprint density at radius 2 is 1.69 bits per heavy atom. The largest absolute Gasteiger partial charge is 0.434 e. The van der Waals surface area contributed by atoms with Crippen molar-refractivity contribution in [3.8, 4) is 10.6 Å². The number of pyridine rings is 1. The Labute approximate surface area is 229 Å². The van der Waals surface area contributed by atoms with Crippen LogP contribution in [0.15, 0.2) is 59.1 Å². The third kappa shape index (κ3) is 5.12. The number of aromatic nitrogens is 3. The Bertz CT molecular complexity index is 1570. The molecular formula is C28H29F3N4O2S2. The predicted molar refractivity (Wildman–Crippen MR) is 145 cm³/mol. The molecule has 39 heavy (non-hydrogen) atoms. The van der Waals surface area contributed by atoms with Crippen LogP contribution in [-0.4, -0.2) is 46.4 Å². The second kappa shape index (κ2) is 10.3. The molecule has 0 radical (unpaired) electrons. The number of likely N-dealkylation sites (tertiary alicyclic amines) is 1. The molecule has 4 aromatic rings. The summed E-state index contributed by atoms with van der Waals surface area (Å²) in [5.74, 6) is 0.270. The molecule has 3 aromatic heterocycles. The summed E-state index contributed by atoms with van der Waals surface area (Å²) < 4.78 is 68.2. The minimum absolute atomic E-state index is 0.0745. The van der Waals surface area contributed by atoms with Crippen LogP contribution in [0.4, 0.5) is 13.2 Å². The van der Waals surface area contributed by atoms with E-state index in [0.29, 0.717) is 17.0 Å². The van der Waals surface area contributed by atoms with Gasteiger partial charge in [-0.25, -0.2) is 22.4 Å². The molecule has 4 heterocycles. The van der Waals surface area contributed by atoms with Gasteiger partial charge in [-0.2, -0.15) is 13.2 Å². The van der Waals surface area contributed by atoms with Crippen LogP contribution in [0, 0.1) is 0 Å². The summed E-state index contributed by atoms with van der Waals surface area (Å²) in [6, 6.07) is 10.5. The predicted octanol–water partition coefficient (Wildman–Crippen LogP) is 6.93. The van der Waals surface area contributed by atoms with Crippen LogP contribution in [0.3, 0.4) is 0 Å². The molecule has 1 aromatic carbocycles. The van der Waals surface area contributed by atoms with E-state index in [0.717, 1.165) is 51.9 Å². The van der Waals surface area contributed by atoms with E-state index in [9.17, 15) is 21.6 Å². The Morgan fingerprint density at radius 1 is 0.974 bits per heavy atom. The molecule has 0 spiro atoms. The first-order chi connectivity index (χ1) is 18.7. The van der Waals surface area contributed by atoms with E-state index in [-0.39, 0.29) is 21.5 Å². The minimum Gasteiger partial charge on any atom is -0.300 e. The Kier molecular flexibility index (Phi) is 7.01. The fraction of sp³-hybridized carbons (Fsp3) is 0.429. The second-order valence-electron chi connectivity index (χ2n) is 10.4. The SMILES string of the molecule is O=S(=O)(c1ccccc1)n1cc(-c2nc(C(F)(F)F)cs2)c2cc(C3CCC(N4CCCCC4)CC3)cnc21. The Hall–Kier alpha value is -2.76. The normalized spacial score (nSPS) is 21.4. The van der Waals surface area contributed by atoms with Gasteiger partial charge in [-0.05, 0) is 81.3 Å². The summed E-state index contributed by atoms with van der Waals surface area (Å²) in [4.78, 5) is 11.1. The van der Waals surface area contributed by atoms with E-state index in [1.165, 1.54) is 50.7 Å². The van der Waals surface area contributed by atoms with Crippen molar-refractivity contribution in [3.05, 3.63) is 65.4 Å². The third-order valence-corrected chi connectivity index (χ3v) is 10.6. The summed E-state index contributed by atoms with van der Waals surface area (Å²) in [7, 11) is -4.03. The van der Waals surface area contributed by atoms with Crippen LogP contribution >= 0.6 is 11.3 Å².